The zero-order valence-electron chi connectivity index (χ0n) is 11.2. The third kappa shape index (κ3) is 5.50. The number of ether oxygens (including phenoxy) is 1. The van der Waals surface area contributed by atoms with Gasteiger partial charge < -0.3 is 4.74 Å². The smallest absolute Gasteiger partial charge is 0.209 e. The molecule has 0 aliphatic rings. The first-order valence-corrected chi connectivity index (χ1v) is 8.70. The van der Waals surface area contributed by atoms with Crippen LogP contribution in [0.2, 0.25) is 0 Å². The lowest BCUT2D eigenvalue weighted by molar-refractivity contribution is 0.154. The Morgan fingerprint density at radius 1 is 1.21 bits per heavy atom. The predicted octanol–water partition coefficient (Wildman–Crippen LogP) is 2.92. The fourth-order valence-electron chi connectivity index (χ4n) is 1.89. The maximum Gasteiger partial charge on any atom is 0.209 e. The summed E-state index contributed by atoms with van der Waals surface area (Å²) in [5.74, 6) is 0.674. The van der Waals surface area contributed by atoms with Gasteiger partial charge in [-0.15, -0.1) is 0 Å². The van der Waals surface area contributed by atoms with Crippen molar-refractivity contribution in [1.82, 2.24) is 0 Å². The number of rotatable bonds is 7. The molecule has 4 nitrogen and oxygen atoms in total. The van der Waals surface area contributed by atoms with Gasteiger partial charge in [-0.05, 0) is 37.1 Å². The summed E-state index contributed by atoms with van der Waals surface area (Å²) in [5.41, 5.74) is -0.430. The molecule has 0 saturated carbocycles. The SMILES string of the molecule is CCC(CC)(COc1ccc(Br)cc1)CS(N)(=O)=O. The first-order chi connectivity index (χ1) is 8.80. The number of nitrogens with two attached hydrogens (primary N) is 1. The molecule has 1 rings (SSSR count). The number of primary sulfonamides is 1. The van der Waals surface area contributed by atoms with Gasteiger partial charge in [0.15, 0.2) is 0 Å². The average molecular weight is 350 g/mol. The summed E-state index contributed by atoms with van der Waals surface area (Å²) in [4.78, 5) is 0. The zero-order chi connectivity index (χ0) is 14.5. The highest BCUT2D eigenvalue weighted by molar-refractivity contribution is 9.10. The van der Waals surface area contributed by atoms with Crippen molar-refractivity contribution in [3.63, 3.8) is 0 Å². The third-order valence-electron chi connectivity index (χ3n) is 3.37. The molecule has 0 aliphatic heterocycles. The Morgan fingerprint density at radius 3 is 2.16 bits per heavy atom. The minimum Gasteiger partial charge on any atom is -0.493 e. The Labute approximate surface area is 123 Å². The van der Waals surface area contributed by atoms with Crippen LogP contribution in [0.4, 0.5) is 0 Å². The predicted molar refractivity (Wildman–Crippen MR) is 80.6 cm³/mol. The normalized spacial score (nSPS) is 12.4. The Kier molecular flexibility index (Phi) is 5.82. The van der Waals surface area contributed by atoms with Crippen LogP contribution in [0.15, 0.2) is 28.7 Å². The van der Waals surface area contributed by atoms with Gasteiger partial charge in [0.25, 0.3) is 0 Å². The molecule has 0 saturated heterocycles. The topological polar surface area (TPSA) is 69.4 Å². The Balaban J connectivity index is 2.76. The van der Waals surface area contributed by atoms with Crippen molar-refractivity contribution >= 4 is 26.0 Å². The highest BCUT2D eigenvalue weighted by Gasteiger charge is 2.31. The summed E-state index contributed by atoms with van der Waals surface area (Å²) in [6, 6.07) is 7.46. The molecule has 1 aromatic rings. The van der Waals surface area contributed by atoms with E-state index in [-0.39, 0.29) is 5.75 Å². The second kappa shape index (κ2) is 6.72. The lowest BCUT2D eigenvalue weighted by Crippen LogP contribution is -2.37. The number of hydrogen-bond donors (Lipinski definition) is 1. The van der Waals surface area contributed by atoms with Gasteiger partial charge in [0.2, 0.25) is 10.0 Å². The molecule has 0 heterocycles. The van der Waals surface area contributed by atoms with Crippen LogP contribution in [0.5, 0.6) is 5.75 Å². The van der Waals surface area contributed by atoms with E-state index in [0.717, 1.165) is 10.2 Å². The summed E-state index contributed by atoms with van der Waals surface area (Å²) < 4.78 is 29.4. The van der Waals surface area contributed by atoms with Gasteiger partial charge in [-0.25, -0.2) is 13.6 Å². The molecular formula is C13H20BrNO3S. The van der Waals surface area contributed by atoms with E-state index < -0.39 is 15.4 Å². The number of halogens is 1. The fourth-order valence-corrected chi connectivity index (χ4v) is 3.50. The van der Waals surface area contributed by atoms with Crippen LogP contribution in [-0.2, 0) is 10.0 Å². The largest absolute Gasteiger partial charge is 0.493 e. The van der Waals surface area contributed by atoms with Crippen LogP contribution in [0.25, 0.3) is 0 Å². The van der Waals surface area contributed by atoms with Gasteiger partial charge in [-0.1, -0.05) is 29.8 Å². The minimum absolute atomic E-state index is 0.0521. The van der Waals surface area contributed by atoms with Gasteiger partial charge in [-0.2, -0.15) is 0 Å². The molecule has 0 spiro atoms. The van der Waals surface area contributed by atoms with Crippen molar-refractivity contribution in [2.24, 2.45) is 10.6 Å². The van der Waals surface area contributed by atoms with Gasteiger partial charge in [0.05, 0.1) is 12.4 Å². The molecule has 0 unspecified atom stereocenters. The van der Waals surface area contributed by atoms with Crippen molar-refractivity contribution < 1.29 is 13.2 Å². The van der Waals surface area contributed by atoms with Crippen molar-refractivity contribution in [2.75, 3.05) is 12.4 Å². The number of sulfonamides is 1. The minimum atomic E-state index is -3.50. The monoisotopic (exact) mass is 349 g/mol. The van der Waals surface area contributed by atoms with E-state index in [1.807, 2.05) is 38.1 Å². The Bertz CT molecular complexity index is 495. The van der Waals surface area contributed by atoms with Crippen LogP contribution in [0.1, 0.15) is 26.7 Å². The highest BCUT2D eigenvalue weighted by Crippen LogP contribution is 2.29. The molecule has 6 heteroatoms. The molecule has 2 N–H and O–H groups in total. The molecule has 1 aromatic carbocycles. The van der Waals surface area contributed by atoms with E-state index in [0.29, 0.717) is 19.4 Å². The first-order valence-electron chi connectivity index (χ1n) is 6.19. The maximum atomic E-state index is 11.3. The number of benzene rings is 1. The molecule has 0 amide bonds. The van der Waals surface area contributed by atoms with E-state index >= 15 is 0 Å². The summed E-state index contributed by atoms with van der Waals surface area (Å²) in [5, 5.41) is 5.17. The van der Waals surface area contributed by atoms with Gasteiger partial charge in [0, 0.05) is 9.89 Å². The van der Waals surface area contributed by atoms with Crippen molar-refractivity contribution in [3.05, 3.63) is 28.7 Å². The van der Waals surface area contributed by atoms with E-state index in [9.17, 15) is 8.42 Å². The molecule has 0 atom stereocenters. The van der Waals surface area contributed by atoms with Crippen molar-refractivity contribution in [3.8, 4) is 5.75 Å². The van der Waals surface area contributed by atoms with E-state index in [4.69, 9.17) is 9.88 Å². The lowest BCUT2D eigenvalue weighted by Gasteiger charge is -2.30. The molecule has 0 fully saturated rings. The summed E-state index contributed by atoms with van der Waals surface area (Å²) >= 11 is 3.35. The van der Waals surface area contributed by atoms with Gasteiger partial charge in [0.1, 0.15) is 5.75 Å². The van der Waals surface area contributed by atoms with Crippen LogP contribution >= 0.6 is 15.9 Å². The lowest BCUT2D eigenvalue weighted by atomic mass is 9.85. The average Bonchev–Trinajstić information content (AvgIpc) is 2.35. The Hall–Kier alpha value is -0.590. The molecule has 19 heavy (non-hydrogen) atoms. The molecule has 0 bridgehead atoms. The van der Waals surface area contributed by atoms with E-state index in [2.05, 4.69) is 15.9 Å². The number of hydrogen-bond acceptors (Lipinski definition) is 3. The maximum absolute atomic E-state index is 11.3. The van der Waals surface area contributed by atoms with Crippen LogP contribution in [-0.4, -0.2) is 20.8 Å². The van der Waals surface area contributed by atoms with Gasteiger partial charge in [-0.3, -0.25) is 0 Å². The van der Waals surface area contributed by atoms with Gasteiger partial charge >= 0.3 is 0 Å². The molecule has 0 aromatic heterocycles. The first kappa shape index (κ1) is 16.5. The van der Waals surface area contributed by atoms with Crippen LogP contribution in [0, 0.1) is 5.41 Å². The molecule has 0 aliphatic carbocycles. The summed E-state index contributed by atoms with van der Waals surface area (Å²) in [7, 11) is -3.50. The molecule has 0 radical (unpaired) electrons. The Morgan fingerprint density at radius 2 is 1.74 bits per heavy atom. The molecule has 108 valence electrons. The van der Waals surface area contributed by atoms with Crippen molar-refractivity contribution in [2.45, 2.75) is 26.7 Å². The van der Waals surface area contributed by atoms with Crippen LogP contribution < -0.4 is 9.88 Å². The van der Waals surface area contributed by atoms with Crippen LogP contribution in [0.3, 0.4) is 0 Å². The summed E-state index contributed by atoms with van der Waals surface area (Å²) in [6.07, 6.45) is 1.41. The standard InChI is InChI=1S/C13H20BrNO3S/c1-3-13(4-2,10-19(15,16)17)9-18-12-7-5-11(14)6-8-12/h5-8H,3-4,9-10H2,1-2H3,(H2,15,16,17). The van der Waals surface area contributed by atoms with Crippen molar-refractivity contribution in [1.29, 1.82) is 0 Å². The second-order valence-electron chi connectivity index (χ2n) is 4.76. The summed E-state index contributed by atoms with van der Waals surface area (Å²) in [6.45, 7) is 4.26. The zero-order valence-corrected chi connectivity index (χ0v) is 13.6. The fraction of sp³-hybridized carbons (Fsp3) is 0.538. The third-order valence-corrected chi connectivity index (χ3v) is 4.91. The second-order valence-corrected chi connectivity index (χ2v) is 7.29. The van der Waals surface area contributed by atoms with E-state index in [1.165, 1.54) is 0 Å². The quantitative estimate of drug-likeness (QED) is 0.822. The van der Waals surface area contributed by atoms with E-state index in [1.54, 1.807) is 0 Å². The highest BCUT2D eigenvalue weighted by atomic mass is 79.9. The molecular weight excluding hydrogens is 330 g/mol.